The third-order valence-corrected chi connectivity index (χ3v) is 4.65. The lowest BCUT2D eigenvalue weighted by molar-refractivity contribution is 0.325. The summed E-state index contributed by atoms with van der Waals surface area (Å²) in [5.74, 6) is 1.85. The first-order valence-electron chi connectivity index (χ1n) is 8.65. The average Bonchev–Trinajstić information content (AvgIpc) is 2.88. The van der Waals surface area contributed by atoms with Crippen molar-refractivity contribution in [1.29, 1.82) is 0 Å². The van der Waals surface area contributed by atoms with Gasteiger partial charge >= 0.3 is 0 Å². The first kappa shape index (κ1) is 16.3. The minimum Gasteiger partial charge on any atom is -0.508 e. The number of hydrogen-bond donors (Lipinski definition) is 1. The van der Waals surface area contributed by atoms with E-state index in [1.807, 2.05) is 36.4 Å². The van der Waals surface area contributed by atoms with Gasteiger partial charge < -0.3 is 14.6 Å². The summed E-state index contributed by atoms with van der Waals surface area (Å²) < 4.78 is 11.4. The minimum atomic E-state index is 0.260. The Morgan fingerprint density at radius 3 is 2.38 bits per heavy atom. The van der Waals surface area contributed by atoms with Crippen LogP contribution in [0.5, 0.6) is 17.2 Å². The Balaban J connectivity index is 1.98. The quantitative estimate of drug-likeness (QED) is 0.715. The second-order valence-corrected chi connectivity index (χ2v) is 6.23. The molecular weight excluding hydrogens is 324 g/mol. The average molecular weight is 344 g/mol. The van der Waals surface area contributed by atoms with E-state index in [1.54, 1.807) is 19.2 Å². The zero-order valence-corrected chi connectivity index (χ0v) is 14.6. The molecule has 0 spiro atoms. The highest BCUT2D eigenvalue weighted by atomic mass is 16.5. The summed E-state index contributed by atoms with van der Waals surface area (Å²) in [7, 11) is 1.66. The molecule has 0 amide bonds. The molecule has 1 aliphatic rings. The lowest BCUT2D eigenvalue weighted by Crippen LogP contribution is -1.97. The molecule has 3 aromatic rings. The fourth-order valence-electron chi connectivity index (χ4n) is 3.39. The molecule has 0 saturated carbocycles. The van der Waals surface area contributed by atoms with Gasteiger partial charge in [0.25, 0.3) is 0 Å². The molecule has 0 aliphatic carbocycles. The van der Waals surface area contributed by atoms with Crippen LogP contribution in [-0.2, 0) is 0 Å². The molecule has 0 atom stereocenters. The summed E-state index contributed by atoms with van der Waals surface area (Å²) in [5, 5.41) is 9.70. The van der Waals surface area contributed by atoms with E-state index < -0.39 is 0 Å². The van der Waals surface area contributed by atoms with E-state index >= 15 is 0 Å². The van der Waals surface area contributed by atoms with Crippen LogP contribution in [0.1, 0.15) is 23.1 Å². The summed E-state index contributed by atoms with van der Waals surface area (Å²) in [6, 6.07) is 23.7. The fourth-order valence-corrected chi connectivity index (χ4v) is 3.39. The van der Waals surface area contributed by atoms with Crippen molar-refractivity contribution in [3.05, 3.63) is 89.5 Å². The van der Waals surface area contributed by atoms with E-state index in [2.05, 4.69) is 24.3 Å². The van der Waals surface area contributed by atoms with Crippen molar-refractivity contribution in [2.24, 2.45) is 0 Å². The third kappa shape index (κ3) is 3.04. The topological polar surface area (TPSA) is 38.7 Å². The van der Waals surface area contributed by atoms with E-state index in [1.165, 1.54) is 11.1 Å². The first-order valence-corrected chi connectivity index (χ1v) is 8.65. The van der Waals surface area contributed by atoms with E-state index in [4.69, 9.17) is 9.47 Å². The molecule has 0 aromatic heterocycles. The first-order chi connectivity index (χ1) is 12.8. The number of aromatic hydroxyl groups is 1. The van der Waals surface area contributed by atoms with Crippen LogP contribution in [-0.4, -0.2) is 18.8 Å². The Bertz CT molecular complexity index is 941. The van der Waals surface area contributed by atoms with Crippen LogP contribution in [0.25, 0.3) is 11.1 Å². The molecular formula is C23H20O3. The lowest BCUT2D eigenvalue weighted by atomic mass is 9.88. The van der Waals surface area contributed by atoms with Crippen molar-refractivity contribution in [2.45, 2.75) is 6.42 Å². The largest absolute Gasteiger partial charge is 0.508 e. The SMILES string of the molecule is COc1ccc2c(c1)OCCC(c1ccccc1)=C2c1ccc(O)cc1. The molecule has 1 N–H and O–H groups in total. The van der Waals surface area contributed by atoms with Gasteiger partial charge in [0, 0.05) is 18.1 Å². The molecule has 0 fully saturated rings. The number of phenolic OH excluding ortho intramolecular Hbond substituents is 1. The minimum absolute atomic E-state index is 0.260. The Labute approximate surface area is 153 Å². The highest BCUT2D eigenvalue weighted by Crippen LogP contribution is 2.42. The number of hydrogen-bond acceptors (Lipinski definition) is 3. The third-order valence-electron chi connectivity index (χ3n) is 4.65. The molecule has 3 aromatic carbocycles. The number of rotatable bonds is 3. The van der Waals surface area contributed by atoms with Gasteiger partial charge in [0.1, 0.15) is 17.2 Å². The van der Waals surface area contributed by atoms with Gasteiger partial charge in [-0.05, 0) is 46.5 Å². The molecule has 1 heterocycles. The zero-order valence-electron chi connectivity index (χ0n) is 14.6. The van der Waals surface area contributed by atoms with Crippen molar-refractivity contribution in [1.82, 2.24) is 0 Å². The van der Waals surface area contributed by atoms with Crippen LogP contribution in [0.2, 0.25) is 0 Å². The Hall–Kier alpha value is -3.20. The Kier molecular flexibility index (Phi) is 4.36. The van der Waals surface area contributed by atoms with E-state index in [0.717, 1.165) is 34.6 Å². The van der Waals surface area contributed by atoms with Crippen LogP contribution in [0.3, 0.4) is 0 Å². The van der Waals surface area contributed by atoms with Crippen molar-refractivity contribution in [3.8, 4) is 17.2 Å². The highest BCUT2D eigenvalue weighted by Gasteiger charge is 2.21. The predicted molar refractivity (Wildman–Crippen MR) is 104 cm³/mol. The summed E-state index contributed by atoms with van der Waals surface area (Å²) in [6.07, 6.45) is 0.803. The second kappa shape index (κ2) is 6.96. The van der Waals surface area contributed by atoms with Crippen molar-refractivity contribution < 1.29 is 14.6 Å². The van der Waals surface area contributed by atoms with Gasteiger partial charge in [-0.25, -0.2) is 0 Å². The van der Waals surface area contributed by atoms with Gasteiger partial charge in [-0.3, -0.25) is 0 Å². The van der Waals surface area contributed by atoms with Gasteiger partial charge in [-0.2, -0.15) is 0 Å². The smallest absolute Gasteiger partial charge is 0.130 e. The van der Waals surface area contributed by atoms with Gasteiger partial charge in [-0.1, -0.05) is 42.5 Å². The maximum atomic E-state index is 9.70. The molecule has 0 bridgehead atoms. The second-order valence-electron chi connectivity index (χ2n) is 6.23. The van der Waals surface area contributed by atoms with Gasteiger partial charge in [0.05, 0.1) is 13.7 Å². The van der Waals surface area contributed by atoms with Crippen LogP contribution >= 0.6 is 0 Å². The van der Waals surface area contributed by atoms with Crippen molar-refractivity contribution >= 4 is 11.1 Å². The molecule has 1 aliphatic heterocycles. The summed E-state index contributed by atoms with van der Waals surface area (Å²) in [5.41, 5.74) is 5.64. The molecule has 4 rings (SSSR count). The lowest BCUT2D eigenvalue weighted by Gasteiger charge is -2.16. The summed E-state index contributed by atoms with van der Waals surface area (Å²) >= 11 is 0. The number of ether oxygens (including phenoxy) is 2. The summed E-state index contributed by atoms with van der Waals surface area (Å²) in [4.78, 5) is 0. The fraction of sp³-hybridized carbons (Fsp3) is 0.130. The maximum Gasteiger partial charge on any atom is 0.130 e. The molecule has 3 heteroatoms. The maximum absolute atomic E-state index is 9.70. The molecule has 130 valence electrons. The molecule has 0 radical (unpaired) electrons. The molecule has 0 unspecified atom stereocenters. The predicted octanol–water partition coefficient (Wildman–Crippen LogP) is 5.14. The van der Waals surface area contributed by atoms with E-state index in [-0.39, 0.29) is 5.75 Å². The van der Waals surface area contributed by atoms with Gasteiger partial charge in [0.15, 0.2) is 0 Å². The standard InChI is InChI=1S/C23H20O3/c1-25-19-11-12-21-22(15-19)26-14-13-20(16-5-3-2-4-6-16)23(21)17-7-9-18(24)10-8-17/h2-12,15,24H,13-14H2,1H3. The number of methoxy groups -OCH3 is 1. The van der Waals surface area contributed by atoms with Crippen LogP contribution in [0.15, 0.2) is 72.8 Å². The normalized spacial score (nSPS) is 13.6. The van der Waals surface area contributed by atoms with E-state index in [0.29, 0.717) is 6.61 Å². The van der Waals surface area contributed by atoms with Gasteiger partial charge in [0.2, 0.25) is 0 Å². The van der Waals surface area contributed by atoms with E-state index in [9.17, 15) is 5.11 Å². The Morgan fingerprint density at radius 2 is 1.65 bits per heavy atom. The number of fused-ring (bicyclic) bond motifs is 1. The van der Waals surface area contributed by atoms with Crippen LogP contribution in [0.4, 0.5) is 0 Å². The zero-order chi connectivity index (χ0) is 17.9. The van der Waals surface area contributed by atoms with Crippen LogP contribution < -0.4 is 9.47 Å². The highest BCUT2D eigenvalue weighted by molar-refractivity contribution is 6.00. The number of benzene rings is 3. The molecule has 0 saturated heterocycles. The van der Waals surface area contributed by atoms with Crippen molar-refractivity contribution in [2.75, 3.05) is 13.7 Å². The molecule has 26 heavy (non-hydrogen) atoms. The number of phenols is 1. The summed E-state index contributed by atoms with van der Waals surface area (Å²) in [6.45, 7) is 0.603. The van der Waals surface area contributed by atoms with Crippen molar-refractivity contribution in [3.63, 3.8) is 0 Å². The van der Waals surface area contributed by atoms with Crippen LogP contribution in [0, 0.1) is 0 Å². The monoisotopic (exact) mass is 344 g/mol. The van der Waals surface area contributed by atoms with Gasteiger partial charge in [-0.15, -0.1) is 0 Å². The Morgan fingerprint density at radius 1 is 0.885 bits per heavy atom. The molecule has 3 nitrogen and oxygen atoms in total.